The molecule has 0 spiro atoms. The molecule has 0 atom stereocenters. The smallest absolute Gasteiger partial charge is 0.227 e. The van der Waals surface area contributed by atoms with Gasteiger partial charge >= 0.3 is 0 Å². The molecule has 0 saturated carbocycles. The van der Waals surface area contributed by atoms with E-state index < -0.39 is 0 Å². The lowest BCUT2D eigenvalue weighted by Crippen LogP contribution is -2.15. The molecular weight excluding hydrogens is 466 g/mol. The molecule has 0 saturated heterocycles. The molecule has 0 aliphatic rings. The van der Waals surface area contributed by atoms with Crippen LogP contribution in [-0.4, -0.2) is 32.3 Å². The number of aromatic nitrogens is 4. The Morgan fingerprint density at radius 3 is 2.62 bits per heavy atom. The minimum atomic E-state index is -0.126. The van der Waals surface area contributed by atoms with Crippen LogP contribution in [0.2, 0.25) is 0 Å². The summed E-state index contributed by atoms with van der Waals surface area (Å²) in [5.41, 5.74) is 6.50. The van der Waals surface area contributed by atoms with Crippen LogP contribution < -0.4 is 10.1 Å². The van der Waals surface area contributed by atoms with Gasteiger partial charge in [0.25, 0.3) is 0 Å². The first-order valence-corrected chi connectivity index (χ1v) is 12.4. The van der Waals surface area contributed by atoms with Gasteiger partial charge in [0.2, 0.25) is 5.91 Å². The molecule has 4 rings (SSSR count). The van der Waals surface area contributed by atoms with Gasteiger partial charge in [0.15, 0.2) is 15.7 Å². The summed E-state index contributed by atoms with van der Waals surface area (Å²) in [5, 5.41) is 12.6. The van der Waals surface area contributed by atoms with E-state index in [2.05, 4.69) is 53.4 Å². The molecule has 1 amide bonds. The molecule has 4 aromatic rings. The van der Waals surface area contributed by atoms with E-state index in [1.165, 1.54) is 28.0 Å². The molecule has 0 bridgehead atoms. The molecule has 34 heavy (non-hydrogen) atoms. The maximum absolute atomic E-state index is 12.7. The van der Waals surface area contributed by atoms with E-state index >= 15 is 0 Å². The summed E-state index contributed by atoms with van der Waals surface area (Å²) < 4.78 is 7.80. The first kappa shape index (κ1) is 23.8. The predicted octanol–water partition coefficient (Wildman–Crippen LogP) is 6.08. The largest absolute Gasteiger partial charge is 0.494 e. The van der Waals surface area contributed by atoms with Crippen molar-refractivity contribution in [3.63, 3.8) is 0 Å². The summed E-state index contributed by atoms with van der Waals surface area (Å²) in [6.45, 7) is 9.23. The van der Waals surface area contributed by atoms with Crippen molar-refractivity contribution in [1.29, 1.82) is 0 Å². The normalized spacial score (nSPS) is 10.9. The van der Waals surface area contributed by atoms with E-state index in [1.807, 2.05) is 41.1 Å². The Kier molecular flexibility index (Phi) is 7.23. The van der Waals surface area contributed by atoms with Crippen LogP contribution in [0, 0.1) is 25.5 Å². The molecule has 176 valence electrons. The number of nitrogens with one attached hydrogen (secondary N) is 2. The van der Waals surface area contributed by atoms with Crippen molar-refractivity contribution in [1.82, 2.24) is 19.7 Å². The number of rotatable bonds is 8. The van der Waals surface area contributed by atoms with E-state index in [1.54, 1.807) is 0 Å². The quantitative estimate of drug-likeness (QED) is 0.290. The number of aromatic amines is 1. The first-order valence-electron chi connectivity index (χ1n) is 11.1. The highest BCUT2D eigenvalue weighted by atomic mass is 32.1. The SMILES string of the molecule is CCOc1ccc(-c2n[nH]c(=S)n2CCC(=O)Nc2nc(-c3cc(C)c(C)cc3C)cs2)cc1. The van der Waals surface area contributed by atoms with Crippen molar-refractivity contribution in [2.45, 2.75) is 40.7 Å². The Hall–Kier alpha value is -3.30. The van der Waals surface area contributed by atoms with Crippen molar-refractivity contribution in [2.24, 2.45) is 0 Å². The van der Waals surface area contributed by atoms with Crippen LogP contribution in [0.4, 0.5) is 5.13 Å². The van der Waals surface area contributed by atoms with Gasteiger partial charge in [0.05, 0.1) is 12.3 Å². The van der Waals surface area contributed by atoms with Crippen LogP contribution in [0.1, 0.15) is 30.0 Å². The van der Waals surface area contributed by atoms with Crippen molar-refractivity contribution in [3.8, 4) is 28.4 Å². The lowest BCUT2D eigenvalue weighted by Gasteiger charge is -2.08. The molecule has 2 aromatic heterocycles. The van der Waals surface area contributed by atoms with Crippen molar-refractivity contribution >= 4 is 34.6 Å². The minimum Gasteiger partial charge on any atom is -0.494 e. The van der Waals surface area contributed by atoms with Gasteiger partial charge in [0, 0.05) is 29.5 Å². The fourth-order valence-corrected chi connectivity index (χ4v) is 4.65. The summed E-state index contributed by atoms with van der Waals surface area (Å²) in [6.07, 6.45) is 0.245. The number of aryl methyl sites for hydroxylation is 3. The number of H-pyrrole nitrogens is 1. The zero-order valence-electron chi connectivity index (χ0n) is 19.6. The number of benzene rings is 2. The maximum atomic E-state index is 12.7. The Bertz CT molecular complexity index is 1370. The lowest BCUT2D eigenvalue weighted by molar-refractivity contribution is -0.116. The molecular formula is C25H27N5O2S2. The second kappa shape index (κ2) is 10.3. The number of ether oxygens (including phenoxy) is 1. The zero-order valence-corrected chi connectivity index (χ0v) is 21.3. The first-order chi connectivity index (χ1) is 16.4. The van der Waals surface area contributed by atoms with E-state index in [-0.39, 0.29) is 12.3 Å². The number of carbonyl (C=O) groups is 1. The van der Waals surface area contributed by atoms with Gasteiger partial charge in [-0.3, -0.25) is 14.5 Å². The monoisotopic (exact) mass is 493 g/mol. The van der Waals surface area contributed by atoms with Crippen LogP contribution in [0.25, 0.3) is 22.6 Å². The Morgan fingerprint density at radius 2 is 1.88 bits per heavy atom. The van der Waals surface area contributed by atoms with Crippen molar-refractivity contribution < 1.29 is 9.53 Å². The van der Waals surface area contributed by atoms with Crippen LogP contribution in [0.15, 0.2) is 41.8 Å². The summed E-state index contributed by atoms with van der Waals surface area (Å²) in [4.78, 5) is 17.3. The average molecular weight is 494 g/mol. The Balaban J connectivity index is 1.42. The summed E-state index contributed by atoms with van der Waals surface area (Å²) in [5.74, 6) is 1.35. The Labute approximate surface area is 207 Å². The molecule has 0 aliphatic carbocycles. The minimum absolute atomic E-state index is 0.126. The third-order valence-corrected chi connectivity index (χ3v) is 6.68. The van der Waals surface area contributed by atoms with Crippen LogP contribution in [0.5, 0.6) is 5.75 Å². The van der Waals surface area contributed by atoms with E-state index in [4.69, 9.17) is 17.0 Å². The standard InChI is InChI=1S/C25H27N5O2S2/c1-5-32-19-8-6-18(7-9-19)23-28-29-25(33)30(23)11-10-22(31)27-24-26-21(14-34-24)20-13-16(3)15(2)12-17(20)4/h6-9,12-14H,5,10-11H2,1-4H3,(H,29,33)(H,26,27,31). The molecule has 2 N–H and O–H groups in total. The summed E-state index contributed by atoms with van der Waals surface area (Å²) >= 11 is 6.81. The number of nitrogens with zero attached hydrogens (tertiary/aromatic N) is 3. The number of anilines is 1. The average Bonchev–Trinajstić information content (AvgIpc) is 3.42. The van der Waals surface area contributed by atoms with Crippen molar-refractivity contribution in [3.05, 3.63) is 63.2 Å². The molecule has 7 nitrogen and oxygen atoms in total. The number of hydrogen-bond acceptors (Lipinski definition) is 6. The zero-order chi connectivity index (χ0) is 24.2. The highest BCUT2D eigenvalue weighted by molar-refractivity contribution is 7.71. The summed E-state index contributed by atoms with van der Waals surface area (Å²) in [6, 6.07) is 12.0. The highest BCUT2D eigenvalue weighted by Gasteiger charge is 2.14. The van der Waals surface area contributed by atoms with Crippen LogP contribution in [0.3, 0.4) is 0 Å². The second-order valence-electron chi connectivity index (χ2n) is 8.05. The van der Waals surface area contributed by atoms with Crippen molar-refractivity contribution in [2.75, 3.05) is 11.9 Å². The maximum Gasteiger partial charge on any atom is 0.227 e. The third-order valence-electron chi connectivity index (χ3n) is 5.61. The van der Waals surface area contributed by atoms with E-state index in [9.17, 15) is 4.79 Å². The van der Waals surface area contributed by atoms with Gasteiger partial charge < -0.3 is 10.1 Å². The summed E-state index contributed by atoms with van der Waals surface area (Å²) in [7, 11) is 0. The molecule has 9 heteroatoms. The van der Waals surface area contributed by atoms with Gasteiger partial charge in [-0.2, -0.15) is 5.10 Å². The Morgan fingerprint density at radius 1 is 1.15 bits per heavy atom. The van der Waals surface area contributed by atoms with Gasteiger partial charge in [-0.1, -0.05) is 6.07 Å². The number of carbonyl (C=O) groups excluding carboxylic acids is 1. The lowest BCUT2D eigenvalue weighted by atomic mass is 9.99. The fraction of sp³-hybridized carbons (Fsp3) is 0.280. The van der Waals surface area contributed by atoms with E-state index in [0.717, 1.165) is 22.6 Å². The van der Waals surface area contributed by atoms with E-state index in [0.29, 0.717) is 28.9 Å². The number of thiazole rings is 1. The molecule has 0 unspecified atom stereocenters. The topological polar surface area (TPSA) is 84.8 Å². The number of amides is 1. The number of hydrogen-bond donors (Lipinski definition) is 2. The van der Waals surface area contributed by atoms with Gasteiger partial charge in [0.1, 0.15) is 5.75 Å². The molecule has 0 aliphatic heterocycles. The molecule has 0 radical (unpaired) electrons. The third kappa shape index (κ3) is 5.26. The van der Waals surface area contributed by atoms with Gasteiger partial charge in [-0.05, 0) is 86.9 Å². The van der Waals surface area contributed by atoms with Gasteiger partial charge in [-0.25, -0.2) is 4.98 Å². The fourth-order valence-electron chi connectivity index (χ4n) is 3.70. The van der Waals surface area contributed by atoms with Crippen LogP contribution >= 0.6 is 23.6 Å². The predicted molar refractivity (Wildman–Crippen MR) is 139 cm³/mol. The van der Waals surface area contributed by atoms with Crippen LogP contribution in [-0.2, 0) is 11.3 Å². The molecule has 2 heterocycles. The molecule has 2 aromatic carbocycles. The molecule has 0 fully saturated rings. The second-order valence-corrected chi connectivity index (χ2v) is 9.29. The van der Waals surface area contributed by atoms with Gasteiger partial charge in [-0.15, -0.1) is 11.3 Å². The highest BCUT2D eigenvalue weighted by Crippen LogP contribution is 2.29.